The maximum Gasteiger partial charge on any atom is 0.241 e. The molecule has 3 N–H and O–H groups in total. The summed E-state index contributed by atoms with van der Waals surface area (Å²) in [5, 5.41) is 8.90. The molecular weight excluding hydrogens is 234 g/mol. The molecule has 7 heteroatoms. The number of rotatable bonds is 3. The van der Waals surface area contributed by atoms with Crippen LogP contribution in [-0.4, -0.2) is 62.9 Å². The van der Waals surface area contributed by atoms with E-state index in [9.17, 15) is 9.59 Å². The quantitative estimate of drug-likeness (QED) is 0.424. The van der Waals surface area contributed by atoms with Crippen molar-refractivity contribution in [3.05, 3.63) is 0 Å². The van der Waals surface area contributed by atoms with Crippen LogP contribution in [0.4, 0.5) is 0 Å². The topological polar surface area (TPSA) is 85.8 Å². The van der Waals surface area contributed by atoms with Crippen molar-refractivity contribution in [2.24, 2.45) is 4.99 Å². The Balaban J connectivity index is 2.34. The Morgan fingerprint density at radius 3 is 2.78 bits per heavy atom. The Morgan fingerprint density at radius 1 is 1.56 bits per heavy atom. The van der Waals surface area contributed by atoms with Gasteiger partial charge in [0, 0.05) is 40.2 Å². The number of amides is 2. The fourth-order valence-corrected chi connectivity index (χ4v) is 1.56. The van der Waals surface area contributed by atoms with E-state index in [1.165, 1.54) is 4.90 Å². The molecule has 0 aromatic carbocycles. The van der Waals surface area contributed by atoms with Gasteiger partial charge in [0.15, 0.2) is 5.96 Å². The molecule has 7 nitrogen and oxygen atoms in total. The number of guanidine groups is 1. The second kappa shape index (κ2) is 6.83. The molecule has 1 rings (SSSR count). The molecule has 1 atom stereocenters. The zero-order valence-electron chi connectivity index (χ0n) is 11.1. The highest BCUT2D eigenvalue weighted by atomic mass is 16.2. The molecule has 0 saturated carbocycles. The van der Waals surface area contributed by atoms with E-state index in [0.717, 1.165) is 6.42 Å². The molecule has 1 fully saturated rings. The normalized spacial score (nSPS) is 20.1. The lowest BCUT2D eigenvalue weighted by atomic mass is 10.1. The number of hydrogen-bond donors (Lipinski definition) is 3. The van der Waals surface area contributed by atoms with Gasteiger partial charge in [0.1, 0.15) is 0 Å². The first-order valence-electron chi connectivity index (χ1n) is 5.97. The SMILES string of the molecule is CN=C(NCC(=O)N(C)C)NC1CCC(=O)NC1. The minimum atomic E-state index is -0.0186. The van der Waals surface area contributed by atoms with Crippen molar-refractivity contribution in [2.75, 3.05) is 34.2 Å². The Morgan fingerprint density at radius 2 is 2.28 bits per heavy atom. The van der Waals surface area contributed by atoms with Gasteiger partial charge in [-0.2, -0.15) is 0 Å². The van der Waals surface area contributed by atoms with Crippen molar-refractivity contribution < 1.29 is 9.59 Å². The second-order valence-corrected chi connectivity index (χ2v) is 4.40. The number of nitrogens with zero attached hydrogens (tertiary/aromatic N) is 2. The average molecular weight is 255 g/mol. The largest absolute Gasteiger partial charge is 0.354 e. The molecule has 0 radical (unpaired) electrons. The molecule has 1 aliphatic rings. The zero-order chi connectivity index (χ0) is 13.5. The number of likely N-dealkylation sites (N-methyl/N-ethyl adjacent to an activating group) is 1. The number of aliphatic imine (C=N–C) groups is 1. The molecule has 1 heterocycles. The number of nitrogens with one attached hydrogen (secondary N) is 3. The molecule has 2 amide bonds. The Hall–Kier alpha value is -1.79. The minimum absolute atomic E-state index is 0.0186. The van der Waals surface area contributed by atoms with Crippen LogP contribution in [-0.2, 0) is 9.59 Å². The van der Waals surface area contributed by atoms with Gasteiger partial charge in [0.05, 0.1) is 6.54 Å². The Labute approximate surface area is 107 Å². The molecule has 0 aromatic rings. The molecule has 1 saturated heterocycles. The predicted molar refractivity (Wildman–Crippen MR) is 69.2 cm³/mol. The first kappa shape index (κ1) is 14.3. The van der Waals surface area contributed by atoms with Gasteiger partial charge in [-0.1, -0.05) is 0 Å². The highest BCUT2D eigenvalue weighted by Gasteiger charge is 2.18. The molecule has 0 spiro atoms. The first-order valence-corrected chi connectivity index (χ1v) is 5.97. The molecule has 0 bridgehead atoms. The molecular formula is C11H21N5O2. The molecule has 0 aromatic heterocycles. The van der Waals surface area contributed by atoms with E-state index in [4.69, 9.17) is 0 Å². The van der Waals surface area contributed by atoms with E-state index in [1.54, 1.807) is 21.1 Å². The standard InChI is InChI=1S/C11H21N5O2/c1-12-11(14-7-10(18)16(2)3)15-8-4-5-9(17)13-6-8/h8H,4-7H2,1-3H3,(H,13,17)(H2,12,14,15). The van der Waals surface area contributed by atoms with Crippen LogP contribution in [0.5, 0.6) is 0 Å². The van der Waals surface area contributed by atoms with Gasteiger partial charge in [0.25, 0.3) is 0 Å². The summed E-state index contributed by atoms with van der Waals surface area (Å²) >= 11 is 0. The lowest BCUT2D eigenvalue weighted by Gasteiger charge is -2.25. The van der Waals surface area contributed by atoms with Crippen molar-refractivity contribution in [3.63, 3.8) is 0 Å². The van der Waals surface area contributed by atoms with Gasteiger partial charge in [-0.3, -0.25) is 14.6 Å². The van der Waals surface area contributed by atoms with Crippen LogP contribution in [0.15, 0.2) is 4.99 Å². The minimum Gasteiger partial charge on any atom is -0.354 e. The first-order chi connectivity index (χ1) is 8.52. The third-order valence-corrected chi connectivity index (χ3v) is 2.74. The van der Waals surface area contributed by atoms with E-state index in [2.05, 4.69) is 20.9 Å². The number of carbonyl (C=O) groups is 2. The molecule has 1 unspecified atom stereocenters. The molecule has 1 aliphatic heterocycles. The van der Waals surface area contributed by atoms with Crippen molar-refractivity contribution in [2.45, 2.75) is 18.9 Å². The summed E-state index contributed by atoms with van der Waals surface area (Å²) in [5.74, 6) is 0.639. The van der Waals surface area contributed by atoms with Crippen molar-refractivity contribution in [3.8, 4) is 0 Å². The maximum absolute atomic E-state index is 11.4. The third-order valence-electron chi connectivity index (χ3n) is 2.74. The van der Waals surface area contributed by atoms with Gasteiger partial charge < -0.3 is 20.9 Å². The highest BCUT2D eigenvalue weighted by Crippen LogP contribution is 2.02. The van der Waals surface area contributed by atoms with Crippen LogP contribution >= 0.6 is 0 Å². The molecule has 18 heavy (non-hydrogen) atoms. The maximum atomic E-state index is 11.4. The average Bonchev–Trinajstić information content (AvgIpc) is 2.36. The Kier molecular flexibility index (Phi) is 5.41. The molecule has 102 valence electrons. The number of hydrogen-bond acceptors (Lipinski definition) is 3. The van der Waals surface area contributed by atoms with E-state index in [0.29, 0.717) is 18.9 Å². The predicted octanol–water partition coefficient (Wildman–Crippen LogP) is -1.48. The summed E-state index contributed by atoms with van der Waals surface area (Å²) in [5.41, 5.74) is 0. The fraction of sp³-hybridized carbons (Fsp3) is 0.727. The third kappa shape index (κ3) is 4.60. The fourth-order valence-electron chi connectivity index (χ4n) is 1.56. The van der Waals surface area contributed by atoms with Crippen LogP contribution < -0.4 is 16.0 Å². The number of carbonyl (C=O) groups excluding carboxylic acids is 2. The van der Waals surface area contributed by atoms with Crippen molar-refractivity contribution in [1.29, 1.82) is 0 Å². The smallest absolute Gasteiger partial charge is 0.241 e. The van der Waals surface area contributed by atoms with Crippen molar-refractivity contribution in [1.82, 2.24) is 20.9 Å². The zero-order valence-corrected chi connectivity index (χ0v) is 11.1. The lowest BCUT2D eigenvalue weighted by Crippen LogP contribution is -2.52. The van der Waals surface area contributed by atoms with Gasteiger partial charge in [0.2, 0.25) is 11.8 Å². The van der Waals surface area contributed by atoms with Crippen LogP contribution in [0.2, 0.25) is 0 Å². The van der Waals surface area contributed by atoms with E-state index < -0.39 is 0 Å². The van der Waals surface area contributed by atoms with Gasteiger partial charge >= 0.3 is 0 Å². The van der Waals surface area contributed by atoms with Gasteiger partial charge in [-0.15, -0.1) is 0 Å². The van der Waals surface area contributed by atoms with Gasteiger partial charge in [-0.25, -0.2) is 0 Å². The van der Waals surface area contributed by atoms with Crippen LogP contribution in [0, 0.1) is 0 Å². The van der Waals surface area contributed by atoms with Crippen LogP contribution in [0.25, 0.3) is 0 Å². The summed E-state index contributed by atoms with van der Waals surface area (Å²) in [7, 11) is 5.06. The summed E-state index contributed by atoms with van der Waals surface area (Å²) in [6.07, 6.45) is 1.29. The summed E-state index contributed by atoms with van der Waals surface area (Å²) in [4.78, 5) is 28.0. The highest BCUT2D eigenvalue weighted by molar-refractivity contribution is 5.86. The van der Waals surface area contributed by atoms with Gasteiger partial charge in [-0.05, 0) is 6.42 Å². The lowest BCUT2D eigenvalue weighted by molar-refractivity contribution is -0.127. The summed E-state index contributed by atoms with van der Waals surface area (Å²) < 4.78 is 0. The summed E-state index contributed by atoms with van der Waals surface area (Å²) in [6.45, 7) is 0.785. The van der Waals surface area contributed by atoms with E-state index >= 15 is 0 Å². The van der Waals surface area contributed by atoms with E-state index in [-0.39, 0.29) is 24.4 Å². The summed E-state index contributed by atoms with van der Waals surface area (Å²) in [6, 6.07) is 0.156. The number of piperidine rings is 1. The Bertz CT molecular complexity index is 330. The van der Waals surface area contributed by atoms with E-state index in [1.807, 2.05) is 0 Å². The molecule has 0 aliphatic carbocycles. The van der Waals surface area contributed by atoms with Crippen LogP contribution in [0.3, 0.4) is 0 Å². The second-order valence-electron chi connectivity index (χ2n) is 4.40. The van der Waals surface area contributed by atoms with Crippen molar-refractivity contribution >= 4 is 17.8 Å². The monoisotopic (exact) mass is 255 g/mol. The van der Waals surface area contributed by atoms with Crippen LogP contribution in [0.1, 0.15) is 12.8 Å².